The highest BCUT2D eigenvalue weighted by molar-refractivity contribution is 6.85. The minimum Gasteiger partial charge on any atom is -0.289 e. The molecule has 98 valence electrons. The topological polar surface area (TPSA) is 17.1 Å². The molecule has 2 heteroatoms. The number of allylic oxidation sites excluding steroid dienone is 1. The molecule has 0 fully saturated rings. The van der Waals surface area contributed by atoms with Crippen molar-refractivity contribution in [3.63, 3.8) is 0 Å². The standard InChI is InChI=1S/C16H24OSi/c1-13-7-9-14(10-8-13)15(17)11-12-18(5,6)16(2,3)4/h7-12H,1-6H3/b12-11+. The van der Waals surface area contributed by atoms with Gasteiger partial charge in [-0.15, -0.1) is 0 Å². The number of hydrogen-bond acceptors (Lipinski definition) is 1. The van der Waals surface area contributed by atoms with Crippen molar-refractivity contribution in [1.82, 2.24) is 0 Å². The maximum absolute atomic E-state index is 12.1. The lowest BCUT2D eigenvalue weighted by molar-refractivity contribution is 0.104. The first-order valence-corrected chi connectivity index (χ1v) is 9.51. The molecule has 18 heavy (non-hydrogen) atoms. The van der Waals surface area contributed by atoms with Gasteiger partial charge in [0.05, 0.1) is 8.07 Å². The van der Waals surface area contributed by atoms with Gasteiger partial charge in [0.25, 0.3) is 0 Å². The number of ketones is 1. The van der Waals surface area contributed by atoms with E-state index in [1.54, 1.807) is 6.08 Å². The third-order valence-electron chi connectivity index (χ3n) is 3.92. The number of aryl methyl sites for hydroxylation is 1. The molecule has 0 atom stereocenters. The van der Waals surface area contributed by atoms with Gasteiger partial charge < -0.3 is 0 Å². The maximum Gasteiger partial charge on any atom is 0.185 e. The summed E-state index contributed by atoms with van der Waals surface area (Å²) in [7, 11) is -1.51. The van der Waals surface area contributed by atoms with Crippen LogP contribution in [0.25, 0.3) is 0 Å². The molecular formula is C16H24OSi. The van der Waals surface area contributed by atoms with Gasteiger partial charge in [-0.05, 0) is 18.0 Å². The molecule has 0 unspecified atom stereocenters. The summed E-state index contributed by atoms with van der Waals surface area (Å²) in [6.07, 6.45) is 1.77. The molecule has 0 spiro atoms. The fourth-order valence-corrected chi connectivity index (χ4v) is 2.42. The SMILES string of the molecule is Cc1ccc(C(=O)/C=C/[Si](C)(C)C(C)(C)C)cc1. The van der Waals surface area contributed by atoms with Crippen LogP contribution in [0, 0.1) is 6.92 Å². The summed E-state index contributed by atoms with van der Waals surface area (Å²) in [4.78, 5) is 12.1. The van der Waals surface area contributed by atoms with Crippen molar-refractivity contribution in [2.45, 2.75) is 45.8 Å². The van der Waals surface area contributed by atoms with Gasteiger partial charge in [-0.2, -0.15) is 0 Å². The van der Waals surface area contributed by atoms with E-state index < -0.39 is 8.07 Å². The normalized spacial score (nSPS) is 13.0. The third kappa shape index (κ3) is 3.67. The largest absolute Gasteiger partial charge is 0.289 e. The quantitative estimate of drug-likeness (QED) is 0.434. The molecule has 0 heterocycles. The first kappa shape index (κ1) is 14.9. The zero-order valence-corrected chi connectivity index (χ0v) is 13.4. The van der Waals surface area contributed by atoms with Crippen LogP contribution in [0.1, 0.15) is 36.7 Å². The number of rotatable bonds is 3. The first-order valence-electron chi connectivity index (χ1n) is 6.44. The molecule has 0 aliphatic rings. The van der Waals surface area contributed by atoms with Crippen LogP contribution in [-0.4, -0.2) is 13.9 Å². The van der Waals surface area contributed by atoms with Crippen molar-refractivity contribution >= 4 is 13.9 Å². The molecular weight excluding hydrogens is 236 g/mol. The highest BCUT2D eigenvalue weighted by atomic mass is 28.3. The van der Waals surface area contributed by atoms with E-state index in [-0.39, 0.29) is 10.8 Å². The Balaban J connectivity index is 2.86. The van der Waals surface area contributed by atoms with E-state index >= 15 is 0 Å². The summed E-state index contributed by atoms with van der Waals surface area (Å²) in [6.45, 7) is 13.4. The highest BCUT2D eigenvalue weighted by Crippen LogP contribution is 2.36. The average Bonchev–Trinajstić information content (AvgIpc) is 2.25. The van der Waals surface area contributed by atoms with Gasteiger partial charge >= 0.3 is 0 Å². The Kier molecular flexibility index (Phi) is 4.33. The minimum absolute atomic E-state index is 0.111. The zero-order valence-electron chi connectivity index (χ0n) is 12.4. The molecule has 0 saturated heterocycles. The summed E-state index contributed by atoms with van der Waals surface area (Å²) in [6, 6.07) is 7.75. The summed E-state index contributed by atoms with van der Waals surface area (Å²) in [5, 5.41) is 0.275. The Hall–Kier alpha value is -1.15. The Labute approximate surface area is 112 Å². The molecule has 0 amide bonds. The van der Waals surface area contributed by atoms with E-state index in [0.717, 1.165) is 5.56 Å². The van der Waals surface area contributed by atoms with Crippen LogP contribution in [0.3, 0.4) is 0 Å². The van der Waals surface area contributed by atoms with Gasteiger partial charge in [0.15, 0.2) is 5.78 Å². The second kappa shape index (κ2) is 5.23. The van der Waals surface area contributed by atoms with Crippen LogP contribution in [0.5, 0.6) is 0 Å². The molecule has 0 aliphatic carbocycles. The van der Waals surface area contributed by atoms with Crippen LogP contribution in [0.2, 0.25) is 18.1 Å². The molecule has 1 nitrogen and oxygen atoms in total. The number of carbonyl (C=O) groups excluding carboxylic acids is 1. The number of carbonyl (C=O) groups is 1. The lowest BCUT2D eigenvalue weighted by atomic mass is 10.1. The summed E-state index contributed by atoms with van der Waals surface area (Å²) >= 11 is 0. The van der Waals surface area contributed by atoms with Crippen LogP contribution < -0.4 is 0 Å². The van der Waals surface area contributed by atoms with Crippen molar-refractivity contribution in [3.8, 4) is 0 Å². The molecule has 0 saturated carbocycles. The third-order valence-corrected chi connectivity index (χ3v) is 8.79. The molecule has 0 aromatic heterocycles. The van der Waals surface area contributed by atoms with Gasteiger partial charge in [0, 0.05) is 5.56 Å². The summed E-state index contributed by atoms with van der Waals surface area (Å²) in [5.41, 5.74) is 4.12. The van der Waals surface area contributed by atoms with Crippen LogP contribution >= 0.6 is 0 Å². The summed E-state index contributed by atoms with van der Waals surface area (Å²) < 4.78 is 0. The predicted molar refractivity (Wildman–Crippen MR) is 81.8 cm³/mol. The fourth-order valence-electron chi connectivity index (χ4n) is 1.35. The van der Waals surface area contributed by atoms with Crippen LogP contribution in [0.4, 0.5) is 0 Å². The molecule has 0 bridgehead atoms. The van der Waals surface area contributed by atoms with Crippen molar-refractivity contribution < 1.29 is 4.79 Å². The molecule has 0 radical (unpaired) electrons. The molecule has 1 aromatic carbocycles. The van der Waals surface area contributed by atoms with Gasteiger partial charge in [-0.25, -0.2) is 0 Å². The minimum atomic E-state index is -1.51. The predicted octanol–water partition coefficient (Wildman–Crippen LogP) is 4.78. The fraction of sp³-hybridized carbons (Fsp3) is 0.438. The Bertz CT molecular complexity index is 447. The first-order chi connectivity index (χ1) is 8.13. The van der Waals surface area contributed by atoms with Crippen molar-refractivity contribution in [2.24, 2.45) is 0 Å². The second-order valence-electron chi connectivity index (χ2n) is 6.54. The van der Waals surface area contributed by atoms with E-state index in [0.29, 0.717) is 0 Å². The molecule has 0 aliphatic heterocycles. The van der Waals surface area contributed by atoms with Gasteiger partial charge in [-0.3, -0.25) is 4.79 Å². The molecule has 1 rings (SSSR count). The monoisotopic (exact) mass is 260 g/mol. The van der Waals surface area contributed by atoms with Crippen molar-refractivity contribution in [3.05, 3.63) is 47.2 Å². The van der Waals surface area contributed by atoms with E-state index in [9.17, 15) is 4.79 Å². The molecule has 0 N–H and O–H groups in total. The molecule has 1 aromatic rings. The van der Waals surface area contributed by atoms with E-state index in [1.165, 1.54) is 5.56 Å². The number of benzene rings is 1. The lowest BCUT2D eigenvalue weighted by Gasteiger charge is -2.34. The van der Waals surface area contributed by atoms with Gasteiger partial charge in [-0.1, -0.05) is 69.4 Å². The smallest absolute Gasteiger partial charge is 0.185 e. The lowest BCUT2D eigenvalue weighted by Crippen LogP contribution is -2.35. The maximum atomic E-state index is 12.1. The second-order valence-corrected chi connectivity index (χ2v) is 11.8. The van der Waals surface area contributed by atoms with E-state index in [1.807, 2.05) is 31.2 Å². The van der Waals surface area contributed by atoms with Crippen molar-refractivity contribution in [2.75, 3.05) is 0 Å². The van der Waals surface area contributed by atoms with Crippen LogP contribution in [0.15, 0.2) is 36.0 Å². The Morgan fingerprint density at radius 3 is 2.06 bits per heavy atom. The number of hydrogen-bond donors (Lipinski definition) is 0. The van der Waals surface area contributed by atoms with Gasteiger partial charge in [0.2, 0.25) is 0 Å². The Morgan fingerprint density at radius 1 is 1.11 bits per heavy atom. The summed E-state index contributed by atoms with van der Waals surface area (Å²) in [5.74, 6) is 0.111. The van der Waals surface area contributed by atoms with E-state index in [2.05, 4.69) is 39.6 Å². The van der Waals surface area contributed by atoms with Crippen molar-refractivity contribution in [1.29, 1.82) is 0 Å². The van der Waals surface area contributed by atoms with E-state index in [4.69, 9.17) is 0 Å². The zero-order chi connectivity index (χ0) is 14.0. The highest BCUT2D eigenvalue weighted by Gasteiger charge is 2.32. The Morgan fingerprint density at radius 2 is 1.61 bits per heavy atom. The van der Waals surface area contributed by atoms with Crippen LogP contribution in [-0.2, 0) is 0 Å². The average molecular weight is 260 g/mol. The van der Waals surface area contributed by atoms with Gasteiger partial charge in [0.1, 0.15) is 0 Å².